The average Bonchev–Trinajstić information content (AvgIpc) is 3.42. The molecule has 0 radical (unpaired) electrons. The predicted octanol–water partition coefficient (Wildman–Crippen LogP) is 3.67. The number of carbonyl (C=O) groups excluding carboxylic acids is 1. The molecule has 1 amide bonds. The summed E-state index contributed by atoms with van der Waals surface area (Å²) < 4.78 is 14.8. The Morgan fingerprint density at radius 2 is 2.11 bits per heavy atom. The smallest absolute Gasteiger partial charge is 0.350 e. The van der Waals surface area contributed by atoms with Crippen LogP contribution >= 0.6 is 23.7 Å². The molecule has 5 rings (SSSR count). The highest BCUT2D eigenvalue weighted by molar-refractivity contribution is 7.15. The number of aryl methyl sites for hydroxylation is 1. The second-order valence-electron chi connectivity index (χ2n) is 6.76. The van der Waals surface area contributed by atoms with Crippen molar-refractivity contribution in [1.29, 1.82) is 0 Å². The van der Waals surface area contributed by atoms with Crippen LogP contribution in [-0.4, -0.2) is 45.0 Å². The lowest BCUT2D eigenvalue weighted by atomic mass is 10.2. The Morgan fingerprint density at radius 1 is 1.25 bits per heavy atom. The summed E-state index contributed by atoms with van der Waals surface area (Å²) in [5, 5.41) is 6.21. The van der Waals surface area contributed by atoms with E-state index < -0.39 is 6.17 Å². The molecule has 3 aromatic rings. The molecule has 3 aromatic heterocycles. The van der Waals surface area contributed by atoms with Crippen LogP contribution in [-0.2, 0) is 6.54 Å². The lowest BCUT2D eigenvalue weighted by Crippen LogP contribution is -2.25. The van der Waals surface area contributed by atoms with E-state index >= 15 is 0 Å². The Bertz CT molecular complexity index is 1020. The summed E-state index contributed by atoms with van der Waals surface area (Å²) in [5.74, 6) is 0.772. The van der Waals surface area contributed by atoms with E-state index in [2.05, 4.69) is 15.1 Å². The molecule has 0 saturated carbocycles. The zero-order chi connectivity index (χ0) is 18.5. The molecule has 0 N–H and O–H groups in total. The van der Waals surface area contributed by atoms with Crippen molar-refractivity contribution in [3.63, 3.8) is 0 Å². The molecular weight excluding hydrogens is 403 g/mol. The number of fused-ring (bicyclic) bond motifs is 1. The van der Waals surface area contributed by atoms with Crippen LogP contribution < -0.4 is 9.80 Å². The highest BCUT2D eigenvalue weighted by atomic mass is 35.5. The van der Waals surface area contributed by atoms with Crippen molar-refractivity contribution in [2.75, 3.05) is 22.9 Å². The number of nitrogens with zero attached hydrogens (tertiary/aromatic N) is 6. The molecule has 10 heteroatoms. The summed E-state index contributed by atoms with van der Waals surface area (Å²) in [6.07, 6.45) is 3.22. The molecule has 1 saturated heterocycles. The van der Waals surface area contributed by atoms with Crippen LogP contribution in [0.3, 0.4) is 0 Å². The Morgan fingerprint density at radius 3 is 2.71 bits per heavy atom. The monoisotopic (exact) mass is 420 g/mol. The van der Waals surface area contributed by atoms with Crippen LogP contribution in [0.5, 0.6) is 0 Å². The van der Waals surface area contributed by atoms with Gasteiger partial charge in [0.15, 0.2) is 0 Å². The van der Waals surface area contributed by atoms with Crippen molar-refractivity contribution in [2.45, 2.75) is 26.1 Å². The standard InChI is InChI=1S/C18H17FN6OS.ClH/c1-11-20-8-17(27-11)24-10-14-6-15(22-25(14)18(24)26)12-2-3-16(21-7-12)23-5-4-13(19)9-23;/h2-3,6-8,13H,4-5,9-10H2,1H3;1H. The SMILES string of the molecule is Cc1ncc(N2Cc3cc(-c4ccc(N5CCC(F)C5)nc4)nn3C2=O)s1.Cl. The Hall–Kier alpha value is -2.52. The quantitative estimate of drug-likeness (QED) is 0.646. The number of amides is 1. The van der Waals surface area contributed by atoms with Gasteiger partial charge in [0.2, 0.25) is 0 Å². The molecule has 0 aromatic carbocycles. The molecule has 1 atom stereocenters. The number of halogens is 2. The Balaban J connectivity index is 0.00000192. The fourth-order valence-electron chi connectivity index (χ4n) is 3.48. The number of carbonyl (C=O) groups is 1. The van der Waals surface area contributed by atoms with Crippen LogP contribution in [0.4, 0.5) is 20.0 Å². The number of hydrogen-bond donors (Lipinski definition) is 0. The second-order valence-corrected chi connectivity index (χ2v) is 7.97. The summed E-state index contributed by atoms with van der Waals surface area (Å²) in [7, 11) is 0. The first kappa shape index (κ1) is 18.8. The summed E-state index contributed by atoms with van der Waals surface area (Å²) in [6, 6.07) is 5.54. The Labute approximate surface area is 171 Å². The minimum absolute atomic E-state index is 0. The highest BCUT2D eigenvalue weighted by Gasteiger charge is 2.31. The van der Waals surface area contributed by atoms with Gasteiger partial charge < -0.3 is 4.90 Å². The minimum atomic E-state index is -0.779. The molecule has 2 aliphatic heterocycles. The lowest BCUT2D eigenvalue weighted by molar-refractivity contribution is 0.248. The van der Waals surface area contributed by atoms with Gasteiger partial charge in [0.25, 0.3) is 0 Å². The van der Waals surface area contributed by atoms with Crippen LogP contribution in [0.15, 0.2) is 30.6 Å². The first-order chi connectivity index (χ1) is 13.1. The van der Waals surface area contributed by atoms with E-state index in [-0.39, 0.29) is 18.4 Å². The van der Waals surface area contributed by atoms with Crippen LogP contribution in [0.1, 0.15) is 17.1 Å². The molecule has 0 bridgehead atoms. The van der Waals surface area contributed by atoms with Gasteiger partial charge in [0, 0.05) is 18.3 Å². The lowest BCUT2D eigenvalue weighted by Gasteiger charge is -2.16. The van der Waals surface area contributed by atoms with E-state index in [0.29, 0.717) is 31.7 Å². The third-order valence-electron chi connectivity index (χ3n) is 4.89. The van der Waals surface area contributed by atoms with E-state index in [0.717, 1.165) is 27.1 Å². The molecule has 1 fully saturated rings. The molecule has 0 spiro atoms. The molecular formula is C18H18ClFN6OS. The summed E-state index contributed by atoms with van der Waals surface area (Å²) in [6.45, 7) is 3.47. The largest absolute Gasteiger partial charge is 0.354 e. The van der Waals surface area contributed by atoms with E-state index in [9.17, 15) is 9.18 Å². The molecule has 146 valence electrons. The zero-order valence-electron chi connectivity index (χ0n) is 15.1. The first-order valence-corrected chi connectivity index (χ1v) is 9.59. The van der Waals surface area contributed by atoms with Gasteiger partial charge in [0.05, 0.1) is 35.7 Å². The van der Waals surface area contributed by atoms with Crippen molar-refractivity contribution < 1.29 is 9.18 Å². The number of hydrogen-bond acceptors (Lipinski definition) is 6. The number of rotatable bonds is 3. The minimum Gasteiger partial charge on any atom is -0.354 e. The fourth-order valence-corrected chi connectivity index (χ4v) is 4.25. The maximum Gasteiger partial charge on any atom is 0.350 e. The Kier molecular flexibility index (Phi) is 4.80. The molecule has 5 heterocycles. The maximum atomic E-state index is 13.4. The van der Waals surface area contributed by atoms with Gasteiger partial charge in [-0.2, -0.15) is 9.78 Å². The van der Waals surface area contributed by atoms with Gasteiger partial charge in [0.1, 0.15) is 17.0 Å². The van der Waals surface area contributed by atoms with Gasteiger partial charge in [-0.1, -0.05) is 0 Å². The van der Waals surface area contributed by atoms with Crippen LogP contribution in [0.25, 0.3) is 11.3 Å². The molecule has 7 nitrogen and oxygen atoms in total. The average molecular weight is 421 g/mol. The number of alkyl halides is 1. The van der Waals surface area contributed by atoms with Gasteiger partial charge in [-0.15, -0.1) is 23.7 Å². The number of aromatic nitrogens is 4. The summed E-state index contributed by atoms with van der Waals surface area (Å²) in [5.41, 5.74) is 2.39. The van der Waals surface area contributed by atoms with Gasteiger partial charge >= 0.3 is 6.03 Å². The van der Waals surface area contributed by atoms with Gasteiger partial charge in [-0.05, 0) is 31.5 Å². The van der Waals surface area contributed by atoms with Crippen molar-refractivity contribution in [3.8, 4) is 11.3 Å². The van der Waals surface area contributed by atoms with E-state index in [1.807, 2.05) is 30.0 Å². The molecule has 28 heavy (non-hydrogen) atoms. The van der Waals surface area contributed by atoms with Gasteiger partial charge in [-0.25, -0.2) is 19.2 Å². The fraction of sp³-hybridized carbons (Fsp3) is 0.333. The predicted molar refractivity (Wildman–Crippen MR) is 108 cm³/mol. The number of pyridine rings is 1. The normalized spacial score (nSPS) is 18.5. The van der Waals surface area contributed by atoms with Crippen molar-refractivity contribution in [3.05, 3.63) is 41.3 Å². The van der Waals surface area contributed by atoms with Crippen molar-refractivity contribution in [2.24, 2.45) is 0 Å². The first-order valence-electron chi connectivity index (χ1n) is 8.77. The third-order valence-corrected chi connectivity index (χ3v) is 5.82. The number of thiazole rings is 1. The second kappa shape index (κ2) is 7.14. The zero-order valence-corrected chi connectivity index (χ0v) is 16.7. The van der Waals surface area contributed by atoms with Gasteiger partial charge in [-0.3, -0.25) is 4.90 Å². The third kappa shape index (κ3) is 3.14. The maximum absolute atomic E-state index is 13.4. The topological polar surface area (TPSA) is 67.2 Å². The molecule has 0 aliphatic carbocycles. The van der Waals surface area contributed by atoms with E-state index in [1.54, 1.807) is 17.3 Å². The van der Waals surface area contributed by atoms with Crippen molar-refractivity contribution >= 4 is 40.6 Å². The summed E-state index contributed by atoms with van der Waals surface area (Å²) >= 11 is 1.49. The van der Waals surface area contributed by atoms with Crippen LogP contribution in [0, 0.1) is 6.92 Å². The van der Waals surface area contributed by atoms with Crippen LogP contribution in [0.2, 0.25) is 0 Å². The van der Waals surface area contributed by atoms with E-state index in [1.165, 1.54) is 16.0 Å². The highest BCUT2D eigenvalue weighted by Crippen LogP contribution is 2.31. The summed E-state index contributed by atoms with van der Waals surface area (Å²) in [4.78, 5) is 24.9. The van der Waals surface area contributed by atoms with Crippen molar-refractivity contribution in [1.82, 2.24) is 19.7 Å². The molecule has 2 aliphatic rings. The molecule has 1 unspecified atom stereocenters. The number of anilines is 2. The van der Waals surface area contributed by atoms with E-state index in [4.69, 9.17) is 0 Å².